The molecular formula is C12H16FN5. The number of anilines is 2. The van der Waals surface area contributed by atoms with Crippen LogP contribution in [0.15, 0.2) is 24.3 Å². The first-order valence-corrected chi connectivity index (χ1v) is 5.89. The SMILES string of the molecule is CCN(CC)c1nc(N)n(-c2cccc(F)c2)n1. The molecule has 2 rings (SSSR count). The minimum atomic E-state index is -0.327. The summed E-state index contributed by atoms with van der Waals surface area (Å²) >= 11 is 0. The van der Waals surface area contributed by atoms with Crippen LogP contribution in [0.5, 0.6) is 0 Å². The van der Waals surface area contributed by atoms with Crippen LogP contribution in [-0.4, -0.2) is 27.9 Å². The first kappa shape index (κ1) is 12.3. The third-order valence-electron chi connectivity index (χ3n) is 2.72. The van der Waals surface area contributed by atoms with Gasteiger partial charge in [0.2, 0.25) is 11.9 Å². The molecule has 0 atom stereocenters. The lowest BCUT2D eigenvalue weighted by Crippen LogP contribution is -2.23. The maximum absolute atomic E-state index is 13.2. The number of nitrogen functional groups attached to an aromatic ring is 1. The minimum Gasteiger partial charge on any atom is -0.368 e. The number of aromatic nitrogens is 3. The molecule has 5 nitrogen and oxygen atoms in total. The molecule has 0 spiro atoms. The van der Waals surface area contributed by atoms with Crippen LogP contribution < -0.4 is 10.6 Å². The van der Waals surface area contributed by atoms with Gasteiger partial charge in [0.25, 0.3) is 0 Å². The molecule has 0 unspecified atom stereocenters. The van der Waals surface area contributed by atoms with E-state index in [0.717, 1.165) is 13.1 Å². The second kappa shape index (κ2) is 5.03. The van der Waals surface area contributed by atoms with Crippen molar-refractivity contribution in [1.29, 1.82) is 0 Å². The van der Waals surface area contributed by atoms with Crippen molar-refractivity contribution in [3.05, 3.63) is 30.1 Å². The molecule has 1 aromatic heterocycles. The van der Waals surface area contributed by atoms with E-state index in [4.69, 9.17) is 5.73 Å². The van der Waals surface area contributed by atoms with E-state index >= 15 is 0 Å². The van der Waals surface area contributed by atoms with Crippen LogP contribution >= 0.6 is 0 Å². The van der Waals surface area contributed by atoms with Crippen LogP contribution in [-0.2, 0) is 0 Å². The summed E-state index contributed by atoms with van der Waals surface area (Å²) in [7, 11) is 0. The molecule has 0 saturated heterocycles. The number of hydrogen-bond donors (Lipinski definition) is 1. The van der Waals surface area contributed by atoms with Crippen molar-refractivity contribution in [2.45, 2.75) is 13.8 Å². The Morgan fingerprint density at radius 3 is 2.67 bits per heavy atom. The third kappa shape index (κ3) is 2.27. The molecule has 0 aliphatic rings. The molecule has 0 amide bonds. The van der Waals surface area contributed by atoms with Gasteiger partial charge in [-0.15, -0.1) is 5.10 Å². The number of rotatable bonds is 4. The highest BCUT2D eigenvalue weighted by atomic mass is 19.1. The Morgan fingerprint density at radius 1 is 1.33 bits per heavy atom. The molecule has 0 saturated carbocycles. The highest BCUT2D eigenvalue weighted by Crippen LogP contribution is 2.16. The van der Waals surface area contributed by atoms with Gasteiger partial charge in [-0.1, -0.05) is 6.07 Å². The predicted molar refractivity (Wildman–Crippen MR) is 69.3 cm³/mol. The summed E-state index contributed by atoms with van der Waals surface area (Å²) in [6.07, 6.45) is 0. The lowest BCUT2D eigenvalue weighted by atomic mass is 10.3. The fraction of sp³-hybridized carbons (Fsp3) is 0.333. The molecule has 18 heavy (non-hydrogen) atoms. The first-order chi connectivity index (χ1) is 8.65. The van der Waals surface area contributed by atoms with Gasteiger partial charge in [0, 0.05) is 13.1 Å². The zero-order chi connectivity index (χ0) is 13.1. The number of nitrogens with two attached hydrogens (primary N) is 1. The molecule has 2 N–H and O–H groups in total. The molecule has 6 heteroatoms. The van der Waals surface area contributed by atoms with Crippen LogP contribution in [0.4, 0.5) is 16.3 Å². The lowest BCUT2D eigenvalue weighted by Gasteiger charge is -2.15. The monoisotopic (exact) mass is 249 g/mol. The maximum Gasteiger partial charge on any atom is 0.246 e. The van der Waals surface area contributed by atoms with Crippen LogP contribution in [0, 0.1) is 5.82 Å². The van der Waals surface area contributed by atoms with Crippen molar-refractivity contribution in [2.24, 2.45) is 0 Å². The van der Waals surface area contributed by atoms with E-state index in [1.54, 1.807) is 12.1 Å². The van der Waals surface area contributed by atoms with Crippen molar-refractivity contribution in [3.8, 4) is 5.69 Å². The normalized spacial score (nSPS) is 10.6. The van der Waals surface area contributed by atoms with Gasteiger partial charge in [-0.2, -0.15) is 9.67 Å². The van der Waals surface area contributed by atoms with Gasteiger partial charge in [-0.05, 0) is 32.0 Å². The Kier molecular flexibility index (Phi) is 3.45. The summed E-state index contributed by atoms with van der Waals surface area (Å²) in [6, 6.07) is 6.10. The maximum atomic E-state index is 13.2. The van der Waals surface area contributed by atoms with E-state index in [1.807, 2.05) is 18.7 Å². The van der Waals surface area contributed by atoms with Crippen LogP contribution in [0.25, 0.3) is 5.69 Å². The molecule has 0 aliphatic carbocycles. The summed E-state index contributed by atoms with van der Waals surface area (Å²) in [6.45, 7) is 5.62. The third-order valence-corrected chi connectivity index (χ3v) is 2.72. The number of hydrogen-bond acceptors (Lipinski definition) is 4. The fourth-order valence-electron chi connectivity index (χ4n) is 1.75. The van der Waals surface area contributed by atoms with Crippen molar-refractivity contribution in [1.82, 2.24) is 14.8 Å². The van der Waals surface area contributed by atoms with Crippen LogP contribution in [0.2, 0.25) is 0 Å². The summed E-state index contributed by atoms with van der Waals surface area (Å²) in [5, 5.41) is 4.30. The van der Waals surface area contributed by atoms with Crippen molar-refractivity contribution >= 4 is 11.9 Å². The number of nitrogens with zero attached hydrogens (tertiary/aromatic N) is 4. The van der Waals surface area contributed by atoms with Gasteiger partial charge in [0.15, 0.2) is 0 Å². The molecule has 1 heterocycles. The molecule has 0 radical (unpaired) electrons. The van der Waals surface area contributed by atoms with E-state index in [2.05, 4.69) is 10.1 Å². The zero-order valence-electron chi connectivity index (χ0n) is 10.5. The lowest BCUT2D eigenvalue weighted by molar-refractivity contribution is 0.625. The standard InChI is InChI=1S/C12H16FN5/c1-3-17(4-2)12-15-11(14)18(16-12)10-7-5-6-9(13)8-10/h5-8H,3-4H2,1-2H3,(H2,14,15,16). The average Bonchev–Trinajstić information content (AvgIpc) is 2.73. The van der Waals surface area contributed by atoms with E-state index in [0.29, 0.717) is 11.6 Å². The van der Waals surface area contributed by atoms with Gasteiger partial charge in [-0.3, -0.25) is 0 Å². The molecule has 0 bridgehead atoms. The molecular weight excluding hydrogens is 233 g/mol. The zero-order valence-corrected chi connectivity index (χ0v) is 10.5. The fourth-order valence-corrected chi connectivity index (χ4v) is 1.75. The van der Waals surface area contributed by atoms with E-state index in [9.17, 15) is 4.39 Å². The molecule has 0 fully saturated rings. The smallest absolute Gasteiger partial charge is 0.246 e. The molecule has 0 aliphatic heterocycles. The Balaban J connectivity index is 2.40. The van der Waals surface area contributed by atoms with Gasteiger partial charge in [0.1, 0.15) is 5.82 Å². The van der Waals surface area contributed by atoms with Gasteiger partial charge < -0.3 is 10.6 Å². The van der Waals surface area contributed by atoms with E-state index in [-0.39, 0.29) is 11.8 Å². The summed E-state index contributed by atoms with van der Waals surface area (Å²) in [5.41, 5.74) is 6.38. The van der Waals surface area contributed by atoms with Crippen molar-refractivity contribution in [2.75, 3.05) is 23.7 Å². The second-order valence-electron chi connectivity index (χ2n) is 3.83. The quantitative estimate of drug-likeness (QED) is 0.898. The molecule has 2 aromatic rings. The topological polar surface area (TPSA) is 60.0 Å². The largest absolute Gasteiger partial charge is 0.368 e. The molecule has 1 aromatic carbocycles. The Hall–Kier alpha value is -2.11. The predicted octanol–water partition coefficient (Wildman–Crippen LogP) is 1.83. The highest BCUT2D eigenvalue weighted by Gasteiger charge is 2.13. The Labute approximate surface area is 105 Å². The molecule has 96 valence electrons. The summed E-state index contributed by atoms with van der Waals surface area (Å²) in [4.78, 5) is 6.17. The Morgan fingerprint density at radius 2 is 2.06 bits per heavy atom. The van der Waals surface area contributed by atoms with Crippen molar-refractivity contribution in [3.63, 3.8) is 0 Å². The summed E-state index contributed by atoms with van der Waals surface area (Å²) < 4.78 is 14.6. The van der Waals surface area contributed by atoms with Gasteiger partial charge >= 0.3 is 0 Å². The van der Waals surface area contributed by atoms with Crippen LogP contribution in [0.3, 0.4) is 0 Å². The van der Waals surface area contributed by atoms with Crippen molar-refractivity contribution < 1.29 is 4.39 Å². The van der Waals surface area contributed by atoms with Crippen LogP contribution in [0.1, 0.15) is 13.8 Å². The summed E-state index contributed by atoms with van der Waals surface area (Å²) in [5.74, 6) is 0.482. The highest BCUT2D eigenvalue weighted by molar-refractivity contribution is 5.43. The van der Waals surface area contributed by atoms with Gasteiger partial charge in [0.05, 0.1) is 5.69 Å². The minimum absolute atomic E-state index is 0.252. The Bertz CT molecular complexity index is 533. The first-order valence-electron chi connectivity index (χ1n) is 5.89. The number of benzene rings is 1. The van der Waals surface area contributed by atoms with E-state index < -0.39 is 0 Å². The average molecular weight is 249 g/mol. The van der Waals surface area contributed by atoms with E-state index in [1.165, 1.54) is 16.8 Å². The number of halogens is 1. The van der Waals surface area contributed by atoms with Gasteiger partial charge in [-0.25, -0.2) is 4.39 Å². The second-order valence-corrected chi connectivity index (χ2v) is 3.83.